The Labute approximate surface area is 150 Å². The van der Waals surface area contributed by atoms with Crippen molar-refractivity contribution in [3.05, 3.63) is 36.0 Å². The molecule has 1 fully saturated rings. The van der Waals surface area contributed by atoms with Crippen LogP contribution in [0.2, 0.25) is 0 Å². The molecule has 1 aromatic carbocycles. The summed E-state index contributed by atoms with van der Waals surface area (Å²) in [5.74, 6) is 0.186. The van der Waals surface area contributed by atoms with Gasteiger partial charge in [0.25, 0.3) is 5.91 Å². The molecule has 1 saturated heterocycles. The average Bonchev–Trinajstić information content (AvgIpc) is 2.97. The van der Waals surface area contributed by atoms with Gasteiger partial charge < -0.3 is 15.0 Å². The van der Waals surface area contributed by atoms with Crippen molar-refractivity contribution in [3.8, 4) is 5.75 Å². The molecule has 0 saturated carbocycles. The first kappa shape index (κ1) is 17.7. The number of carbonyl (C=O) groups excluding carboxylic acids is 3. The molecule has 8 heteroatoms. The molecule has 2 aromatic rings. The van der Waals surface area contributed by atoms with Gasteiger partial charge in [-0.15, -0.1) is 0 Å². The van der Waals surface area contributed by atoms with Gasteiger partial charge >= 0.3 is 6.03 Å². The molecule has 136 valence electrons. The fraction of sp³-hybridized carbons (Fsp3) is 0.333. The summed E-state index contributed by atoms with van der Waals surface area (Å²) < 4.78 is 5.33. The molecule has 0 aliphatic carbocycles. The second kappa shape index (κ2) is 7.38. The summed E-state index contributed by atoms with van der Waals surface area (Å²) >= 11 is 0. The number of rotatable bonds is 6. The number of fused-ring (bicyclic) bond motifs is 1. The van der Waals surface area contributed by atoms with E-state index in [4.69, 9.17) is 4.74 Å². The number of nitrogens with zero attached hydrogens (tertiary/aromatic N) is 2. The second-order valence-electron chi connectivity index (χ2n) is 6.13. The van der Waals surface area contributed by atoms with Crippen molar-refractivity contribution in [1.82, 2.24) is 20.5 Å². The molecule has 0 spiro atoms. The average molecular weight is 356 g/mol. The molecule has 2 heterocycles. The highest BCUT2D eigenvalue weighted by Crippen LogP contribution is 2.27. The Morgan fingerprint density at radius 3 is 2.81 bits per heavy atom. The third-order valence-electron chi connectivity index (χ3n) is 4.38. The molecular weight excluding hydrogens is 336 g/mol. The van der Waals surface area contributed by atoms with E-state index in [-0.39, 0.29) is 18.7 Å². The number of aromatic nitrogens is 1. The van der Waals surface area contributed by atoms with E-state index in [2.05, 4.69) is 15.6 Å². The minimum absolute atomic E-state index is 0.105. The number of carbonyl (C=O) groups is 3. The zero-order valence-electron chi connectivity index (χ0n) is 14.6. The first-order valence-corrected chi connectivity index (χ1v) is 8.25. The van der Waals surface area contributed by atoms with Crippen LogP contribution in [0.3, 0.4) is 0 Å². The molecule has 4 amide bonds. The number of nitrogens with one attached hydrogen (secondary N) is 2. The number of hydrogen-bond donors (Lipinski definition) is 2. The predicted octanol–water partition coefficient (Wildman–Crippen LogP) is 1.19. The summed E-state index contributed by atoms with van der Waals surface area (Å²) in [6, 6.07) is 6.37. The summed E-state index contributed by atoms with van der Waals surface area (Å²) in [5.41, 5.74) is 1.70. The maximum atomic E-state index is 12.4. The SMILES string of the molecule is COc1ccc(CN(C)C(=O)CC[C@H]2NC(=O)NC2=O)c2cccnc12. The lowest BCUT2D eigenvalue weighted by molar-refractivity contribution is -0.130. The van der Waals surface area contributed by atoms with Crippen LogP contribution in [-0.2, 0) is 16.1 Å². The van der Waals surface area contributed by atoms with Gasteiger partial charge in [0.05, 0.1) is 7.11 Å². The van der Waals surface area contributed by atoms with Crippen molar-refractivity contribution in [2.45, 2.75) is 25.4 Å². The quantitative estimate of drug-likeness (QED) is 0.757. The monoisotopic (exact) mass is 356 g/mol. The molecule has 3 rings (SSSR count). The third-order valence-corrected chi connectivity index (χ3v) is 4.38. The van der Waals surface area contributed by atoms with Gasteiger partial charge in [-0.2, -0.15) is 0 Å². The summed E-state index contributed by atoms with van der Waals surface area (Å²) in [6.07, 6.45) is 2.14. The molecular formula is C18H20N4O4. The van der Waals surface area contributed by atoms with Gasteiger partial charge in [-0.3, -0.25) is 19.9 Å². The maximum absolute atomic E-state index is 12.4. The fourth-order valence-electron chi connectivity index (χ4n) is 2.97. The number of pyridine rings is 1. The number of urea groups is 1. The zero-order chi connectivity index (χ0) is 18.7. The molecule has 1 atom stereocenters. The van der Waals surface area contributed by atoms with Crippen LogP contribution in [0.4, 0.5) is 4.79 Å². The van der Waals surface area contributed by atoms with Crippen molar-refractivity contribution in [2.75, 3.05) is 14.2 Å². The summed E-state index contributed by atoms with van der Waals surface area (Å²) in [7, 11) is 3.30. The number of benzene rings is 1. The van der Waals surface area contributed by atoms with Crippen LogP contribution >= 0.6 is 0 Å². The van der Waals surface area contributed by atoms with Crippen LogP contribution in [0.15, 0.2) is 30.5 Å². The van der Waals surface area contributed by atoms with E-state index < -0.39 is 18.0 Å². The van der Waals surface area contributed by atoms with Crippen molar-refractivity contribution in [3.63, 3.8) is 0 Å². The van der Waals surface area contributed by atoms with Crippen LogP contribution in [0, 0.1) is 0 Å². The predicted molar refractivity (Wildman–Crippen MR) is 94.5 cm³/mol. The molecule has 0 radical (unpaired) electrons. The summed E-state index contributed by atoms with van der Waals surface area (Å²) in [4.78, 5) is 41.0. The standard InChI is InChI=1S/C18H20N4O4/c1-22(15(23)8-6-13-17(24)21-18(25)20-13)10-11-5-7-14(26-2)16-12(11)4-3-9-19-16/h3-5,7,9,13H,6,8,10H2,1-2H3,(H2,20,21,24,25)/t13-/m1/s1. The van der Waals surface area contributed by atoms with Crippen LogP contribution < -0.4 is 15.4 Å². The van der Waals surface area contributed by atoms with Gasteiger partial charge in [-0.25, -0.2) is 4.79 Å². The normalized spacial score (nSPS) is 16.3. The topological polar surface area (TPSA) is 101 Å². The summed E-state index contributed by atoms with van der Waals surface area (Å²) in [6.45, 7) is 0.411. The lowest BCUT2D eigenvalue weighted by atomic mass is 10.1. The molecule has 2 N–H and O–H groups in total. The number of methoxy groups -OCH3 is 1. The van der Waals surface area contributed by atoms with E-state index in [0.717, 1.165) is 16.5 Å². The second-order valence-corrected chi connectivity index (χ2v) is 6.13. The van der Waals surface area contributed by atoms with E-state index in [9.17, 15) is 14.4 Å². The van der Waals surface area contributed by atoms with Gasteiger partial charge in [0.1, 0.15) is 17.3 Å². The fourth-order valence-corrected chi connectivity index (χ4v) is 2.97. The van der Waals surface area contributed by atoms with E-state index >= 15 is 0 Å². The highest BCUT2D eigenvalue weighted by Gasteiger charge is 2.29. The van der Waals surface area contributed by atoms with Crippen LogP contribution in [0.1, 0.15) is 18.4 Å². The van der Waals surface area contributed by atoms with E-state index in [0.29, 0.717) is 12.3 Å². The Balaban J connectivity index is 1.67. The molecule has 1 aromatic heterocycles. The Bertz CT molecular complexity index is 867. The first-order chi connectivity index (χ1) is 12.5. The zero-order valence-corrected chi connectivity index (χ0v) is 14.6. The maximum Gasteiger partial charge on any atom is 0.322 e. The first-order valence-electron chi connectivity index (χ1n) is 8.25. The Hall–Kier alpha value is -3.16. The van der Waals surface area contributed by atoms with Crippen LogP contribution in [-0.4, -0.2) is 47.9 Å². The van der Waals surface area contributed by atoms with Crippen molar-refractivity contribution in [1.29, 1.82) is 0 Å². The number of imide groups is 1. The Morgan fingerprint density at radius 1 is 1.31 bits per heavy atom. The van der Waals surface area contributed by atoms with Gasteiger partial charge in [-0.1, -0.05) is 12.1 Å². The van der Waals surface area contributed by atoms with E-state index in [1.165, 1.54) is 0 Å². The van der Waals surface area contributed by atoms with Gasteiger partial charge in [-0.05, 0) is 24.1 Å². The van der Waals surface area contributed by atoms with Gasteiger partial charge in [0.2, 0.25) is 5.91 Å². The largest absolute Gasteiger partial charge is 0.494 e. The van der Waals surface area contributed by atoms with Gasteiger partial charge in [0.15, 0.2) is 0 Å². The smallest absolute Gasteiger partial charge is 0.322 e. The third kappa shape index (κ3) is 3.58. The number of ether oxygens (including phenoxy) is 1. The molecule has 26 heavy (non-hydrogen) atoms. The number of hydrogen-bond acceptors (Lipinski definition) is 5. The van der Waals surface area contributed by atoms with E-state index in [1.54, 1.807) is 25.3 Å². The molecule has 1 aliphatic rings. The van der Waals surface area contributed by atoms with Crippen molar-refractivity contribution >= 4 is 28.7 Å². The summed E-state index contributed by atoms with van der Waals surface area (Å²) in [5, 5.41) is 5.57. The molecule has 0 unspecified atom stereocenters. The minimum atomic E-state index is -0.647. The van der Waals surface area contributed by atoms with E-state index in [1.807, 2.05) is 24.3 Å². The highest BCUT2D eigenvalue weighted by atomic mass is 16.5. The Kier molecular flexibility index (Phi) is 5.01. The highest BCUT2D eigenvalue weighted by molar-refractivity contribution is 6.04. The van der Waals surface area contributed by atoms with Crippen LogP contribution in [0.5, 0.6) is 5.75 Å². The number of amides is 4. The lowest BCUT2D eigenvalue weighted by Gasteiger charge is -2.19. The lowest BCUT2D eigenvalue weighted by Crippen LogP contribution is -2.32. The minimum Gasteiger partial charge on any atom is -0.494 e. The van der Waals surface area contributed by atoms with Crippen LogP contribution in [0.25, 0.3) is 10.9 Å². The van der Waals surface area contributed by atoms with Crippen molar-refractivity contribution in [2.24, 2.45) is 0 Å². The molecule has 0 bridgehead atoms. The molecule has 1 aliphatic heterocycles. The van der Waals surface area contributed by atoms with Crippen molar-refractivity contribution < 1.29 is 19.1 Å². The molecule has 8 nitrogen and oxygen atoms in total. The van der Waals surface area contributed by atoms with Gasteiger partial charge in [0, 0.05) is 31.6 Å². The Morgan fingerprint density at radius 2 is 2.12 bits per heavy atom.